The van der Waals surface area contributed by atoms with Crippen LogP contribution in [0, 0.1) is 51.2 Å². The molecule has 0 aromatic carbocycles. The van der Waals surface area contributed by atoms with E-state index in [1.54, 1.807) is 0 Å². The first kappa shape index (κ1) is 25.2. The van der Waals surface area contributed by atoms with Crippen LogP contribution in [0.25, 0.3) is 0 Å². The van der Waals surface area contributed by atoms with Crippen molar-refractivity contribution in [2.75, 3.05) is 6.61 Å². The summed E-state index contributed by atoms with van der Waals surface area (Å²) in [6.07, 6.45) is 7.46. The van der Waals surface area contributed by atoms with Gasteiger partial charge in [0.25, 0.3) is 0 Å². The molecule has 6 heteroatoms. The number of aliphatic hydroxyl groups excluding tert-OH is 1. The summed E-state index contributed by atoms with van der Waals surface area (Å²) in [7, 11) is 0. The Hall–Kier alpha value is -0.850. The molecule has 11 atom stereocenters. The van der Waals surface area contributed by atoms with Crippen LogP contribution >= 0.6 is 0 Å². The van der Waals surface area contributed by atoms with Crippen molar-refractivity contribution in [2.45, 2.75) is 110 Å². The fourth-order valence-corrected chi connectivity index (χ4v) is 8.89. The van der Waals surface area contributed by atoms with E-state index in [-0.39, 0.29) is 53.3 Å². The Bertz CT molecular complexity index is 759. The average molecular weight is 464 g/mol. The number of hydrogen-bond donors (Lipinski definition) is 2. The molecular formula is C27H45NO5. The lowest BCUT2D eigenvalue weighted by Crippen LogP contribution is -2.55. The van der Waals surface area contributed by atoms with Crippen LogP contribution in [-0.2, 0) is 9.53 Å². The lowest BCUT2D eigenvalue weighted by atomic mass is 9.45. The number of ketones is 1. The van der Waals surface area contributed by atoms with E-state index >= 15 is 0 Å². The molecule has 0 bridgehead atoms. The molecule has 3 aliphatic carbocycles. The van der Waals surface area contributed by atoms with Gasteiger partial charge in [-0.15, -0.1) is 0 Å². The summed E-state index contributed by atoms with van der Waals surface area (Å²) in [6, 6.07) is -0.194. The van der Waals surface area contributed by atoms with E-state index in [1.807, 2.05) is 6.92 Å². The summed E-state index contributed by atoms with van der Waals surface area (Å²) in [5.74, 6) is 0.490. The summed E-state index contributed by atoms with van der Waals surface area (Å²) < 4.78 is 6.24. The Morgan fingerprint density at radius 1 is 1.21 bits per heavy atom. The zero-order valence-electron chi connectivity index (χ0n) is 21.3. The highest BCUT2D eigenvalue weighted by atomic mass is 16.6. The minimum Gasteiger partial charge on any atom is -0.396 e. The van der Waals surface area contributed by atoms with Gasteiger partial charge in [-0.05, 0) is 86.4 Å². The average Bonchev–Trinajstić information content (AvgIpc) is 3.00. The number of nitroso groups, excluding NO2 is 1. The molecule has 4 aliphatic rings. The molecule has 2 N–H and O–H groups in total. The third kappa shape index (κ3) is 4.23. The standard InChI is InChI=1S/C27H45NO5/c1-16(15-29)6-11-27(31)17(2)24(18(3)33-27)25(4)9-8-21-19(14-25)12-23(30)22-13-20(28-32)7-10-26(21,22)5/h16-22,24,29,31H,6-15H2,1-5H3/t16-,17+,18?,19?,20?,21?,22-,24?,25+,26?,27-/m1/s1. The van der Waals surface area contributed by atoms with E-state index in [4.69, 9.17) is 4.74 Å². The minimum atomic E-state index is -1.15. The van der Waals surface area contributed by atoms with Crippen molar-refractivity contribution in [2.24, 2.45) is 51.5 Å². The van der Waals surface area contributed by atoms with Gasteiger partial charge in [-0.3, -0.25) is 4.79 Å². The smallest absolute Gasteiger partial charge is 0.168 e. The number of fused-ring (bicyclic) bond motifs is 3. The van der Waals surface area contributed by atoms with Gasteiger partial charge >= 0.3 is 0 Å². The van der Waals surface area contributed by atoms with Gasteiger partial charge < -0.3 is 14.9 Å². The minimum absolute atomic E-state index is 0.00685. The van der Waals surface area contributed by atoms with Crippen LogP contribution in [0.3, 0.4) is 0 Å². The van der Waals surface area contributed by atoms with Crippen molar-refractivity contribution in [1.29, 1.82) is 0 Å². The summed E-state index contributed by atoms with van der Waals surface area (Å²) >= 11 is 0. The SMILES string of the molecule is CC1O[C@](O)(CC[C@@H](C)CO)[C@@H](C)C1[C@@]1(C)CCC2C(CC(=O)[C@H]3CC(N=O)CCC23C)C1. The maximum Gasteiger partial charge on any atom is 0.168 e. The van der Waals surface area contributed by atoms with E-state index < -0.39 is 5.79 Å². The van der Waals surface area contributed by atoms with Crippen LogP contribution in [0.4, 0.5) is 0 Å². The maximum absolute atomic E-state index is 13.3. The van der Waals surface area contributed by atoms with Gasteiger partial charge in [0.05, 0.1) is 12.1 Å². The molecule has 1 aliphatic heterocycles. The highest BCUT2D eigenvalue weighted by molar-refractivity contribution is 5.83. The van der Waals surface area contributed by atoms with Crippen LogP contribution in [-0.4, -0.2) is 40.5 Å². The number of rotatable bonds is 6. The molecule has 6 nitrogen and oxygen atoms in total. The second-order valence-electron chi connectivity index (χ2n) is 12.8. The van der Waals surface area contributed by atoms with E-state index in [1.165, 1.54) is 0 Å². The molecule has 33 heavy (non-hydrogen) atoms. The second-order valence-corrected chi connectivity index (χ2v) is 12.8. The molecule has 4 rings (SSSR count). The van der Waals surface area contributed by atoms with Crippen molar-refractivity contribution in [3.05, 3.63) is 4.91 Å². The summed E-state index contributed by atoms with van der Waals surface area (Å²) in [4.78, 5) is 24.4. The summed E-state index contributed by atoms with van der Waals surface area (Å²) in [6.45, 7) is 11.0. The number of carbonyl (C=O) groups excluding carboxylic acids is 1. The Kier molecular flexibility index (Phi) is 6.87. The van der Waals surface area contributed by atoms with Crippen LogP contribution in [0.2, 0.25) is 0 Å². The van der Waals surface area contributed by atoms with Crippen molar-refractivity contribution >= 4 is 5.78 Å². The third-order valence-electron chi connectivity index (χ3n) is 10.7. The van der Waals surface area contributed by atoms with Gasteiger partial charge in [0.2, 0.25) is 0 Å². The highest BCUT2D eigenvalue weighted by Crippen LogP contribution is 2.64. The molecular weight excluding hydrogens is 418 g/mol. The Balaban J connectivity index is 1.51. The first-order valence-corrected chi connectivity index (χ1v) is 13.3. The van der Waals surface area contributed by atoms with E-state index in [9.17, 15) is 19.9 Å². The lowest BCUT2D eigenvalue weighted by Gasteiger charge is -2.58. The second kappa shape index (κ2) is 8.98. The predicted molar refractivity (Wildman–Crippen MR) is 127 cm³/mol. The van der Waals surface area contributed by atoms with Gasteiger partial charge in [0.15, 0.2) is 5.79 Å². The maximum atomic E-state index is 13.3. The van der Waals surface area contributed by atoms with Crippen molar-refractivity contribution in [3.8, 4) is 0 Å². The Morgan fingerprint density at radius 3 is 2.61 bits per heavy atom. The predicted octanol–water partition coefficient (Wildman–Crippen LogP) is 5.09. The fourth-order valence-electron chi connectivity index (χ4n) is 8.89. The van der Waals surface area contributed by atoms with Crippen LogP contribution in [0.15, 0.2) is 5.18 Å². The molecule has 1 heterocycles. The summed E-state index contributed by atoms with van der Waals surface area (Å²) in [5.41, 5.74) is 0.0191. The highest BCUT2D eigenvalue weighted by Gasteiger charge is 2.61. The van der Waals surface area contributed by atoms with Crippen LogP contribution in [0.1, 0.15) is 92.4 Å². The molecule has 0 radical (unpaired) electrons. The number of ether oxygens (including phenoxy) is 1. The zero-order chi connectivity index (χ0) is 24.2. The van der Waals surface area contributed by atoms with Crippen molar-refractivity contribution in [1.82, 2.24) is 0 Å². The first-order chi connectivity index (χ1) is 15.5. The lowest BCUT2D eigenvalue weighted by molar-refractivity contribution is -0.212. The molecule has 1 saturated heterocycles. The van der Waals surface area contributed by atoms with Gasteiger partial charge in [0.1, 0.15) is 5.78 Å². The number of carbonyl (C=O) groups is 1. The van der Waals surface area contributed by atoms with Crippen LogP contribution < -0.4 is 0 Å². The van der Waals surface area contributed by atoms with Crippen LogP contribution in [0.5, 0.6) is 0 Å². The molecule has 0 aromatic rings. The molecule has 0 spiro atoms. The number of aliphatic hydroxyl groups is 2. The number of nitrogens with zero attached hydrogens (tertiary/aromatic N) is 1. The molecule has 188 valence electrons. The summed E-state index contributed by atoms with van der Waals surface area (Å²) in [5, 5.41) is 24.1. The normalized spacial score (nSPS) is 51.0. The van der Waals surface area contributed by atoms with Crippen molar-refractivity contribution in [3.63, 3.8) is 0 Å². The first-order valence-electron chi connectivity index (χ1n) is 13.3. The molecule has 0 aromatic heterocycles. The van der Waals surface area contributed by atoms with Gasteiger partial charge in [-0.2, -0.15) is 4.91 Å². The molecule has 6 unspecified atom stereocenters. The Morgan fingerprint density at radius 2 is 1.94 bits per heavy atom. The fraction of sp³-hybridized carbons (Fsp3) is 0.963. The van der Waals surface area contributed by atoms with Crippen molar-refractivity contribution < 1.29 is 19.7 Å². The Labute approximate surface area is 199 Å². The number of Topliss-reactive ketones (excluding diaryl/α,β-unsaturated/α-hetero) is 1. The third-order valence-corrected chi connectivity index (χ3v) is 10.7. The monoisotopic (exact) mass is 463 g/mol. The largest absolute Gasteiger partial charge is 0.396 e. The quantitative estimate of drug-likeness (QED) is 0.535. The molecule has 0 amide bonds. The molecule has 4 fully saturated rings. The topological polar surface area (TPSA) is 96.2 Å². The van der Waals surface area contributed by atoms with E-state index in [0.717, 1.165) is 38.5 Å². The van der Waals surface area contributed by atoms with Gasteiger partial charge in [-0.25, -0.2) is 0 Å². The van der Waals surface area contributed by atoms with Gasteiger partial charge in [-0.1, -0.05) is 32.9 Å². The van der Waals surface area contributed by atoms with Gasteiger partial charge in [0, 0.05) is 31.3 Å². The molecule has 3 saturated carbocycles. The van der Waals surface area contributed by atoms with E-state index in [0.29, 0.717) is 36.9 Å². The van der Waals surface area contributed by atoms with E-state index in [2.05, 4.69) is 32.9 Å². The zero-order valence-corrected chi connectivity index (χ0v) is 21.3. The number of hydrogen-bond acceptors (Lipinski definition) is 6.